The molecule has 0 radical (unpaired) electrons. The van der Waals surface area contributed by atoms with Crippen molar-refractivity contribution < 1.29 is 0 Å². The molecule has 0 aliphatic heterocycles. The van der Waals surface area contributed by atoms with Crippen molar-refractivity contribution in [3.8, 4) is 50.2 Å². The molecule has 1 heteroatoms. The molecule has 0 saturated carbocycles. The summed E-state index contributed by atoms with van der Waals surface area (Å²) in [6.45, 7) is 9.60. The van der Waals surface area contributed by atoms with Crippen LogP contribution in [0.15, 0.2) is 152 Å². The lowest BCUT2D eigenvalue weighted by Gasteiger charge is -2.24. The summed E-state index contributed by atoms with van der Waals surface area (Å²) in [6.07, 6.45) is 0. The summed E-state index contributed by atoms with van der Waals surface area (Å²) in [5.74, 6) is 0. The average Bonchev–Trinajstić information content (AvgIpc) is 3.68. The second-order valence-electron chi connectivity index (χ2n) is 15.0. The molecule has 234 valence electrons. The van der Waals surface area contributed by atoms with Crippen molar-refractivity contribution in [1.29, 1.82) is 0 Å². The van der Waals surface area contributed by atoms with Gasteiger partial charge in [-0.25, -0.2) is 0 Å². The van der Waals surface area contributed by atoms with Gasteiger partial charge in [-0.1, -0.05) is 143 Å². The van der Waals surface area contributed by atoms with Gasteiger partial charge in [-0.2, -0.15) is 0 Å². The summed E-state index contributed by atoms with van der Waals surface area (Å²) in [5, 5.41) is 2.58. The van der Waals surface area contributed by atoms with E-state index in [2.05, 4.69) is 184 Å². The largest absolute Gasteiger partial charge is 0.309 e. The summed E-state index contributed by atoms with van der Waals surface area (Å²) in [4.78, 5) is 0. The highest BCUT2D eigenvalue weighted by atomic mass is 15.0. The fourth-order valence-electron chi connectivity index (χ4n) is 9.10. The lowest BCUT2D eigenvalue weighted by Crippen LogP contribution is -2.17. The van der Waals surface area contributed by atoms with Crippen molar-refractivity contribution in [2.45, 2.75) is 38.5 Å². The first kappa shape index (κ1) is 28.4. The zero-order valence-electron chi connectivity index (χ0n) is 28.4. The molecule has 0 unspecified atom stereocenters. The van der Waals surface area contributed by atoms with Crippen molar-refractivity contribution in [3.05, 3.63) is 174 Å². The molecule has 0 spiro atoms. The van der Waals surface area contributed by atoms with Crippen LogP contribution < -0.4 is 0 Å². The number of rotatable bonds is 3. The van der Waals surface area contributed by atoms with E-state index in [1.54, 1.807) is 0 Å². The minimum Gasteiger partial charge on any atom is -0.309 e. The van der Waals surface area contributed by atoms with Gasteiger partial charge in [-0.15, -0.1) is 0 Å². The monoisotopic (exact) mass is 627 g/mol. The molecule has 0 amide bonds. The third-order valence-electron chi connectivity index (χ3n) is 11.6. The van der Waals surface area contributed by atoms with Crippen LogP contribution in [0.1, 0.15) is 49.9 Å². The van der Waals surface area contributed by atoms with E-state index in [0.29, 0.717) is 0 Å². The van der Waals surface area contributed by atoms with Gasteiger partial charge in [0, 0.05) is 27.3 Å². The van der Waals surface area contributed by atoms with Gasteiger partial charge >= 0.3 is 0 Å². The standard InChI is InChI=1S/C48H37N/c1-47(2)39-23-21-33(32-16-12-15-31(27-32)30-13-6-5-7-14-30)28-37(39)45-41(47)25-26-42-46(45)38-29-34(22-24-40(38)48(42,3)4)49-43-19-10-8-17-35(43)36-18-9-11-20-44(36)49/h5-29H,1-4H3. The van der Waals surface area contributed by atoms with E-state index in [9.17, 15) is 0 Å². The first-order chi connectivity index (χ1) is 23.8. The highest BCUT2D eigenvalue weighted by Crippen LogP contribution is 2.59. The molecule has 0 N–H and O–H groups in total. The minimum absolute atomic E-state index is 0.0958. The molecule has 0 saturated heterocycles. The highest BCUT2D eigenvalue weighted by molar-refractivity contribution is 6.09. The van der Waals surface area contributed by atoms with E-state index in [0.717, 1.165) is 0 Å². The Morgan fingerprint density at radius 1 is 0.367 bits per heavy atom. The minimum atomic E-state index is -0.104. The number of benzene rings is 7. The Morgan fingerprint density at radius 3 is 1.47 bits per heavy atom. The number of para-hydroxylation sites is 2. The summed E-state index contributed by atoms with van der Waals surface area (Å²) in [7, 11) is 0. The maximum atomic E-state index is 2.47. The van der Waals surface area contributed by atoms with Crippen LogP contribution in [-0.4, -0.2) is 4.57 Å². The van der Waals surface area contributed by atoms with E-state index in [-0.39, 0.29) is 10.8 Å². The fraction of sp³-hybridized carbons (Fsp3) is 0.125. The molecule has 8 aromatic rings. The molecule has 0 atom stereocenters. The van der Waals surface area contributed by atoms with Gasteiger partial charge < -0.3 is 4.57 Å². The number of nitrogens with zero attached hydrogens (tertiary/aromatic N) is 1. The zero-order chi connectivity index (χ0) is 33.1. The van der Waals surface area contributed by atoms with Gasteiger partial charge in [0.25, 0.3) is 0 Å². The van der Waals surface area contributed by atoms with Crippen LogP contribution in [0.5, 0.6) is 0 Å². The van der Waals surface area contributed by atoms with Crippen LogP contribution >= 0.6 is 0 Å². The predicted octanol–water partition coefficient (Wildman–Crippen LogP) is 12.7. The molecule has 0 fully saturated rings. The number of hydrogen-bond donors (Lipinski definition) is 0. The molecule has 1 nitrogen and oxygen atoms in total. The third-order valence-corrected chi connectivity index (χ3v) is 11.6. The second kappa shape index (κ2) is 9.94. The maximum absolute atomic E-state index is 2.47. The Hall–Kier alpha value is -5.66. The molecule has 2 aliphatic rings. The Kier molecular flexibility index (Phi) is 5.75. The van der Waals surface area contributed by atoms with Crippen LogP contribution in [0, 0.1) is 0 Å². The van der Waals surface area contributed by atoms with E-state index >= 15 is 0 Å². The second-order valence-corrected chi connectivity index (χ2v) is 15.0. The summed E-state index contributed by atoms with van der Waals surface area (Å²) in [5.41, 5.74) is 19.7. The van der Waals surface area contributed by atoms with Crippen LogP contribution in [0.2, 0.25) is 0 Å². The number of aromatic nitrogens is 1. The third kappa shape index (κ3) is 3.88. The molecular weight excluding hydrogens is 591 g/mol. The molecule has 7 aromatic carbocycles. The van der Waals surface area contributed by atoms with Crippen molar-refractivity contribution in [2.75, 3.05) is 0 Å². The van der Waals surface area contributed by atoms with Gasteiger partial charge in [-0.05, 0) is 103 Å². The van der Waals surface area contributed by atoms with E-state index in [1.807, 2.05) is 0 Å². The Balaban J connectivity index is 1.20. The molecule has 1 heterocycles. The lowest BCUT2D eigenvalue weighted by molar-refractivity contribution is 0.651. The number of fused-ring (bicyclic) bond motifs is 10. The molecule has 0 bridgehead atoms. The topological polar surface area (TPSA) is 4.93 Å². The van der Waals surface area contributed by atoms with Crippen molar-refractivity contribution in [2.24, 2.45) is 0 Å². The first-order valence-corrected chi connectivity index (χ1v) is 17.4. The molecule has 2 aliphatic carbocycles. The summed E-state index contributed by atoms with van der Waals surface area (Å²) < 4.78 is 2.45. The van der Waals surface area contributed by atoms with Gasteiger partial charge in [0.05, 0.1) is 11.0 Å². The number of hydrogen-bond acceptors (Lipinski definition) is 0. The molecule has 49 heavy (non-hydrogen) atoms. The Morgan fingerprint density at radius 2 is 0.837 bits per heavy atom. The normalized spacial score (nSPS) is 14.9. The highest BCUT2D eigenvalue weighted by Gasteiger charge is 2.43. The van der Waals surface area contributed by atoms with Gasteiger partial charge in [0.15, 0.2) is 0 Å². The van der Waals surface area contributed by atoms with Crippen LogP contribution in [-0.2, 0) is 10.8 Å². The van der Waals surface area contributed by atoms with Crippen LogP contribution in [0.25, 0.3) is 72.0 Å². The van der Waals surface area contributed by atoms with Crippen molar-refractivity contribution in [1.82, 2.24) is 4.57 Å². The van der Waals surface area contributed by atoms with E-state index in [1.165, 1.54) is 94.3 Å². The zero-order valence-corrected chi connectivity index (χ0v) is 28.4. The first-order valence-electron chi connectivity index (χ1n) is 17.4. The molecular formula is C48H37N. The fourth-order valence-corrected chi connectivity index (χ4v) is 9.10. The Bertz CT molecular complexity index is 2590. The van der Waals surface area contributed by atoms with Crippen LogP contribution in [0.3, 0.4) is 0 Å². The van der Waals surface area contributed by atoms with Gasteiger partial charge in [-0.3, -0.25) is 0 Å². The summed E-state index contributed by atoms with van der Waals surface area (Å²) in [6, 6.07) is 56.5. The van der Waals surface area contributed by atoms with E-state index < -0.39 is 0 Å². The van der Waals surface area contributed by atoms with Gasteiger partial charge in [0.2, 0.25) is 0 Å². The lowest BCUT2D eigenvalue weighted by atomic mass is 9.79. The van der Waals surface area contributed by atoms with Crippen molar-refractivity contribution >= 4 is 21.8 Å². The molecule has 1 aromatic heterocycles. The van der Waals surface area contributed by atoms with Crippen molar-refractivity contribution in [3.63, 3.8) is 0 Å². The quantitative estimate of drug-likeness (QED) is 0.184. The van der Waals surface area contributed by atoms with E-state index in [4.69, 9.17) is 0 Å². The van der Waals surface area contributed by atoms with Crippen LogP contribution in [0.4, 0.5) is 0 Å². The molecule has 10 rings (SSSR count). The summed E-state index contributed by atoms with van der Waals surface area (Å²) >= 11 is 0. The average molecular weight is 628 g/mol. The predicted molar refractivity (Wildman–Crippen MR) is 207 cm³/mol. The maximum Gasteiger partial charge on any atom is 0.0541 e. The smallest absolute Gasteiger partial charge is 0.0541 e. The Labute approximate surface area is 288 Å². The SMILES string of the molecule is CC1(C)c2ccc(-c3cccc(-c4ccccc4)c3)cc2-c2c1ccc1c2-c2cc(-n3c4ccccc4c4ccccc43)ccc2C1(C)C. The van der Waals surface area contributed by atoms with Gasteiger partial charge in [0.1, 0.15) is 0 Å².